The minimum atomic E-state index is -0.392. The summed E-state index contributed by atoms with van der Waals surface area (Å²) in [4.78, 5) is 20.7. The number of benzene rings is 3. The summed E-state index contributed by atoms with van der Waals surface area (Å²) in [6.07, 6.45) is 1.58. The molecule has 7 heteroatoms. The van der Waals surface area contributed by atoms with Gasteiger partial charge in [0.05, 0.1) is 11.2 Å². The van der Waals surface area contributed by atoms with Gasteiger partial charge in [-0.2, -0.15) is 0 Å². The molecule has 0 saturated carbocycles. The van der Waals surface area contributed by atoms with E-state index in [1.165, 1.54) is 30.3 Å². The summed E-state index contributed by atoms with van der Waals surface area (Å²) in [6, 6.07) is 16.6. The third-order valence-electron chi connectivity index (χ3n) is 6.19. The van der Waals surface area contributed by atoms with Crippen molar-refractivity contribution >= 4 is 28.9 Å². The van der Waals surface area contributed by atoms with Crippen molar-refractivity contribution in [1.82, 2.24) is 10.2 Å². The van der Waals surface area contributed by atoms with E-state index in [2.05, 4.69) is 10.3 Å². The lowest BCUT2D eigenvalue weighted by atomic mass is 9.99. The van der Waals surface area contributed by atoms with Crippen molar-refractivity contribution in [2.45, 2.75) is 30.3 Å². The van der Waals surface area contributed by atoms with Crippen molar-refractivity contribution in [2.24, 2.45) is 4.99 Å². The number of halogens is 2. The van der Waals surface area contributed by atoms with Gasteiger partial charge in [0, 0.05) is 28.6 Å². The molecule has 2 aliphatic rings. The number of fused-ring (bicyclic) bond motifs is 1. The van der Waals surface area contributed by atoms with E-state index in [-0.39, 0.29) is 24.3 Å². The highest BCUT2D eigenvalue weighted by Crippen LogP contribution is 2.37. The number of nitrogens with one attached hydrogen (secondary N) is 1. The quantitative estimate of drug-likeness (QED) is 0.488. The summed E-state index contributed by atoms with van der Waals surface area (Å²) in [5.74, 6) is -0.947. The van der Waals surface area contributed by atoms with Crippen LogP contribution in [0.4, 0.5) is 14.5 Å². The third kappa shape index (κ3) is 4.70. The Hall–Kier alpha value is -3.03. The van der Waals surface area contributed by atoms with Crippen LogP contribution in [0.3, 0.4) is 0 Å². The van der Waals surface area contributed by atoms with E-state index in [4.69, 9.17) is 0 Å². The number of piperidine rings is 1. The maximum atomic E-state index is 14.9. The van der Waals surface area contributed by atoms with E-state index in [9.17, 15) is 13.6 Å². The molecule has 1 radical (unpaired) electrons. The molecule has 1 N–H and O–H groups in total. The van der Waals surface area contributed by atoms with Crippen molar-refractivity contribution in [3.8, 4) is 11.1 Å². The Labute approximate surface area is 195 Å². The normalized spacial score (nSPS) is 15.5. The van der Waals surface area contributed by atoms with Crippen molar-refractivity contribution in [3.05, 3.63) is 83.4 Å². The average Bonchev–Trinajstić information content (AvgIpc) is 3.32. The van der Waals surface area contributed by atoms with Gasteiger partial charge in [-0.25, -0.2) is 13.8 Å². The van der Waals surface area contributed by atoms with E-state index in [1.807, 2.05) is 29.8 Å². The maximum absolute atomic E-state index is 14.9. The average molecular weight is 465 g/mol. The van der Waals surface area contributed by atoms with Crippen LogP contribution in [0.5, 0.6) is 0 Å². The Morgan fingerprint density at radius 2 is 1.73 bits per heavy atom. The molecular weight excluding hydrogens is 440 g/mol. The molecule has 2 aliphatic heterocycles. The second-order valence-corrected chi connectivity index (χ2v) is 9.28. The second-order valence-electron chi connectivity index (χ2n) is 8.30. The lowest BCUT2D eigenvalue weighted by Crippen LogP contribution is -2.45. The van der Waals surface area contributed by atoms with Crippen molar-refractivity contribution in [1.29, 1.82) is 0 Å². The highest BCUT2D eigenvalue weighted by Gasteiger charge is 2.27. The van der Waals surface area contributed by atoms with E-state index >= 15 is 0 Å². The molecule has 4 nitrogen and oxygen atoms in total. The summed E-state index contributed by atoms with van der Waals surface area (Å²) in [6.45, 7) is 1.76. The fourth-order valence-electron chi connectivity index (χ4n) is 4.37. The predicted octanol–water partition coefficient (Wildman–Crippen LogP) is 5.52. The van der Waals surface area contributed by atoms with Crippen LogP contribution in [-0.4, -0.2) is 35.5 Å². The summed E-state index contributed by atoms with van der Waals surface area (Å²) in [5.41, 5.74) is 5.51. The first-order valence-electron chi connectivity index (χ1n) is 11.0. The van der Waals surface area contributed by atoms with Crippen LogP contribution in [0.2, 0.25) is 0 Å². The van der Waals surface area contributed by atoms with Crippen LogP contribution < -0.4 is 5.32 Å². The minimum absolute atomic E-state index is 0.0137. The fraction of sp³-hybridized carbons (Fsp3) is 0.231. The van der Waals surface area contributed by atoms with Crippen molar-refractivity contribution < 1.29 is 13.6 Å². The van der Waals surface area contributed by atoms with Crippen LogP contribution >= 0.6 is 11.8 Å². The molecule has 2 heterocycles. The number of carbonyl (C=O) groups is 1. The first-order valence-corrected chi connectivity index (χ1v) is 12.0. The number of rotatable bonds is 5. The molecule has 1 amide bonds. The molecule has 0 aliphatic carbocycles. The molecule has 33 heavy (non-hydrogen) atoms. The van der Waals surface area contributed by atoms with Gasteiger partial charge >= 0.3 is 0 Å². The van der Waals surface area contributed by atoms with Gasteiger partial charge in [-0.15, -0.1) is 11.8 Å². The lowest BCUT2D eigenvalue weighted by Gasteiger charge is -2.35. The number of thiol groups is 1. The van der Waals surface area contributed by atoms with Gasteiger partial charge in [0.15, 0.2) is 0 Å². The minimum Gasteiger partial charge on any atom is -0.331 e. The van der Waals surface area contributed by atoms with E-state index in [0.717, 1.165) is 59.4 Å². The second kappa shape index (κ2) is 9.45. The summed E-state index contributed by atoms with van der Waals surface area (Å²) in [7, 11) is 0. The SMILES string of the molecule is O=C(c1ccc(F)cc1)N(Cc1cc(-c2ccc3c(c2)N=C[SH]3)ccc1F)C1CCNCC1. The zero-order chi connectivity index (χ0) is 22.8. The summed E-state index contributed by atoms with van der Waals surface area (Å²) < 4.78 is 28.3. The van der Waals surface area contributed by atoms with Crippen LogP contribution in [0.25, 0.3) is 11.1 Å². The molecule has 0 aromatic heterocycles. The maximum Gasteiger partial charge on any atom is 0.254 e. The smallest absolute Gasteiger partial charge is 0.254 e. The molecule has 0 spiro atoms. The van der Waals surface area contributed by atoms with E-state index in [0.29, 0.717) is 11.1 Å². The Morgan fingerprint density at radius 3 is 2.52 bits per heavy atom. The first kappa shape index (κ1) is 21.8. The Kier molecular flexibility index (Phi) is 6.24. The fourth-order valence-corrected chi connectivity index (χ4v) is 5.09. The molecule has 1 fully saturated rings. The third-order valence-corrected chi connectivity index (χ3v) is 7.08. The lowest BCUT2D eigenvalue weighted by molar-refractivity contribution is 0.0621. The van der Waals surface area contributed by atoms with E-state index < -0.39 is 5.82 Å². The highest BCUT2D eigenvalue weighted by molar-refractivity contribution is 8.12. The Morgan fingerprint density at radius 1 is 1.00 bits per heavy atom. The van der Waals surface area contributed by atoms with Crippen LogP contribution in [0.1, 0.15) is 28.8 Å². The number of aliphatic imine (C=N–C) groups is 1. The molecule has 3 aromatic carbocycles. The molecule has 0 bridgehead atoms. The Bertz CT molecular complexity index is 1210. The van der Waals surface area contributed by atoms with Gasteiger partial charge in [-0.1, -0.05) is 12.1 Å². The van der Waals surface area contributed by atoms with Crippen LogP contribution in [0, 0.1) is 11.6 Å². The monoisotopic (exact) mass is 464 g/mol. The molecule has 0 unspecified atom stereocenters. The van der Waals surface area contributed by atoms with Crippen LogP contribution in [-0.2, 0) is 6.54 Å². The van der Waals surface area contributed by atoms with Crippen molar-refractivity contribution in [2.75, 3.05) is 13.1 Å². The van der Waals surface area contributed by atoms with Gasteiger partial charge < -0.3 is 10.2 Å². The van der Waals surface area contributed by atoms with Crippen molar-refractivity contribution in [3.63, 3.8) is 0 Å². The van der Waals surface area contributed by atoms with Gasteiger partial charge in [-0.3, -0.25) is 4.79 Å². The first-order chi connectivity index (χ1) is 16.1. The van der Waals surface area contributed by atoms with Gasteiger partial charge in [-0.05, 0) is 85.6 Å². The highest BCUT2D eigenvalue weighted by atomic mass is 32.2. The number of hydrogen-bond acceptors (Lipinski definition) is 3. The molecule has 5 rings (SSSR count). The largest absolute Gasteiger partial charge is 0.331 e. The molecule has 169 valence electrons. The van der Waals surface area contributed by atoms with Gasteiger partial charge in [0.25, 0.3) is 5.91 Å². The zero-order valence-corrected chi connectivity index (χ0v) is 18.9. The molecule has 3 aromatic rings. The number of amides is 1. The number of nitrogens with zero attached hydrogens (tertiary/aromatic N) is 2. The zero-order valence-electron chi connectivity index (χ0n) is 18.0. The van der Waals surface area contributed by atoms with Gasteiger partial charge in [0.1, 0.15) is 11.6 Å². The standard InChI is InChI=1S/C26H24F2N3OS/c27-21-5-1-17(2-6-21)26(32)31(22-9-11-29-12-10-22)15-20-13-18(3-7-23(20)28)19-4-8-25-24(14-19)30-16-33-25/h1-8,13-14,16,22,29,33H,9-12,15H2. The summed E-state index contributed by atoms with van der Waals surface area (Å²) >= 11 is 1.08. The number of carbonyl (C=O) groups excluding carboxylic acids is 1. The molecule has 0 atom stereocenters. The van der Waals surface area contributed by atoms with Gasteiger partial charge in [0.2, 0.25) is 0 Å². The summed E-state index contributed by atoms with van der Waals surface area (Å²) in [5, 5.41) is 3.31. The Balaban J connectivity index is 1.47. The topological polar surface area (TPSA) is 44.7 Å². The molecule has 1 saturated heterocycles. The number of hydrogen-bond donors (Lipinski definition) is 2. The predicted molar refractivity (Wildman–Crippen MR) is 129 cm³/mol. The van der Waals surface area contributed by atoms with E-state index in [1.54, 1.807) is 11.0 Å². The van der Waals surface area contributed by atoms with Crippen LogP contribution in [0.15, 0.2) is 70.6 Å². The molecular formula is C26H24F2N3OS.